The molecule has 1 aliphatic heterocycles. The van der Waals surface area contributed by atoms with E-state index in [1.807, 2.05) is 18.9 Å². The maximum atomic E-state index is 12.4. The fourth-order valence-electron chi connectivity index (χ4n) is 2.54. The molecule has 8 heteroatoms. The second-order valence-corrected chi connectivity index (χ2v) is 6.42. The summed E-state index contributed by atoms with van der Waals surface area (Å²) in [5.41, 5.74) is 0. The SMILES string of the molecule is CN=C1NCC(N(C)C(=O)C[C@H](C)CCCN(C)C(C)=N)C(=O)N1. The van der Waals surface area contributed by atoms with Crippen LogP contribution < -0.4 is 10.6 Å². The number of guanidine groups is 1. The molecule has 0 aromatic rings. The highest BCUT2D eigenvalue weighted by Gasteiger charge is 2.31. The molecule has 1 unspecified atom stereocenters. The highest BCUT2D eigenvalue weighted by molar-refractivity contribution is 6.03. The summed E-state index contributed by atoms with van der Waals surface area (Å²) in [6, 6.07) is -0.512. The third kappa shape index (κ3) is 5.82. The van der Waals surface area contributed by atoms with E-state index in [0.717, 1.165) is 19.4 Å². The molecule has 0 radical (unpaired) electrons. The highest BCUT2D eigenvalue weighted by atomic mass is 16.2. The number of amidine groups is 1. The number of rotatable bonds is 7. The first-order valence-electron chi connectivity index (χ1n) is 8.29. The van der Waals surface area contributed by atoms with Crippen molar-refractivity contribution >= 4 is 23.6 Å². The summed E-state index contributed by atoms with van der Waals surface area (Å²) < 4.78 is 0. The van der Waals surface area contributed by atoms with Crippen LogP contribution in [0.25, 0.3) is 0 Å². The van der Waals surface area contributed by atoms with Crippen LogP contribution in [0, 0.1) is 11.3 Å². The second-order valence-electron chi connectivity index (χ2n) is 6.42. The number of hydrogen-bond donors (Lipinski definition) is 3. The number of carbonyl (C=O) groups excluding carboxylic acids is 2. The van der Waals surface area contributed by atoms with Crippen LogP contribution in [0.3, 0.4) is 0 Å². The Labute approximate surface area is 144 Å². The Morgan fingerprint density at radius 1 is 1.46 bits per heavy atom. The zero-order valence-corrected chi connectivity index (χ0v) is 15.3. The molecule has 2 amide bonds. The molecule has 3 N–H and O–H groups in total. The van der Waals surface area contributed by atoms with E-state index in [2.05, 4.69) is 15.6 Å². The summed E-state index contributed by atoms with van der Waals surface area (Å²) in [6.45, 7) is 5.00. The summed E-state index contributed by atoms with van der Waals surface area (Å²) in [5, 5.41) is 13.2. The first-order chi connectivity index (χ1) is 11.3. The van der Waals surface area contributed by atoms with E-state index in [1.54, 1.807) is 21.0 Å². The summed E-state index contributed by atoms with van der Waals surface area (Å²) in [7, 11) is 5.16. The van der Waals surface area contributed by atoms with Crippen LogP contribution in [-0.2, 0) is 9.59 Å². The first kappa shape index (κ1) is 19.9. The molecule has 1 fully saturated rings. The lowest BCUT2D eigenvalue weighted by Crippen LogP contribution is -2.61. The van der Waals surface area contributed by atoms with Gasteiger partial charge in [-0.25, -0.2) is 0 Å². The van der Waals surface area contributed by atoms with Crippen molar-refractivity contribution in [1.29, 1.82) is 5.41 Å². The van der Waals surface area contributed by atoms with E-state index in [-0.39, 0.29) is 17.7 Å². The van der Waals surface area contributed by atoms with Crippen molar-refractivity contribution < 1.29 is 9.59 Å². The third-order valence-electron chi connectivity index (χ3n) is 4.38. The van der Waals surface area contributed by atoms with Gasteiger partial charge in [-0.3, -0.25) is 25.3 Å². The number of likely N-dealkylation sites (N-methyl/N-ethyl adjacent to an activating group) is 1. The number of carbonyl (C=O) groups is 2. The van der Waals surface area contributed by atoms with Gasteiger partial charge in [0.05, 0.1) is 5.84 Å². The van der Waals surface area contributed by atoms with Crippen LogP contribution in [0.4, 0.5) is 0 Å². The molecule has 0 aromatic heterocycles. The smallest absolute Gasteiger partial charge is 0.251 e. The molecule has 1 rings (SSSR count). The fourth-order valence-corrected chi connectivity index (χ4v) is 2.54. The van der Waals surface area contributed by atoms with Gasteiger partial charge in [0.25, 0.3) is 5.91 Å². The van der Waals surface area contributed by atoms with Gasteiger partial charge in [0.2, 0.25) is 5.91 Å². The topological polar surface area (TPSA) is 101 Å². The van der Waals surface area contributed by atoms with E-state index >= 15 is 0 Å². The minimum Gasteiger partial charge on any atom is -0.364 e. The average molecular weight is 338 g/mol. The number of aliphatic imine (C=N–C) groups is 1. The lowest BCUT2D eigenvalue weighted by Gasteiger charge is -2.32. The highest BCUT2D eigenvalue weighted by Crippen LogP contribution is 2.14. The monoisotopic (exact) mass is 338 g/mol. The van der Waals surface area contributed by atoms with Gasteiger partial charge in [0.15, 0.2) is 5.96 Å². The average Bonchev–Trinajstić information content (AvgIpc) is 2.53. The molecule has 0 aliphatic carbocycles. The lowest BCUT2D eigenvalue weighted by atomic mass is 10.00. The van der Waals surface area contributed by atoms with Crippen molar-refractivity contribution in [2.45, 2.75) is 39.2 Å². The Morgan fingerprint density at radius 3 is 2.67 bits per heavy atom. The van der Waals surface area contributed by atoms with E-state index in [0.29, 0.717) is 24.8 Å². The normalized spacial score (nSPS) is 20.1. The van der Waals surface area contributed by atoms with E-state index < -0.39 is 6.04 Å². The predicted molar refractivity (Wildman–Crippen MR) is 95.1 cm³/mol. The second kappa shape index (κ2) is 9.24. The molecule has 2 atom stereocenters. The number of amides is 2. The van der Waals surface area contributed by atoms with Crippen LogP contribution >= 0.6 is 0 Å². The van der Waals surface area contributed by atoms with Crippen molar-refractivity contribution in [1.82, 2.24) is 20.4 Å². The lowest BCUT2D eigenvalue weighted by molar-refractivity contribution is -0.139. The van der Waals surface area contributed by atoms with E-state index in [4.69, 9.17) is 5.41 Å². The van der Waals surface area contributed by atoms with Crippen molar-refractivity contribution in [2.75, 3.05) is 34.2 Å². The van der Waals surface area contributed by atoms with Crippen molar-refractivity contribution in [2.24, 2.45) is 10.9 Å². The molecule has 1 aliphatic rings. The fraction of sp³-hybridized carbons (Fsp3) is 0.750. The molecule has 0 saturated carbocycles. The van der Waals surface area contributed by atoms with Crippen LogP contribution in [0.5, 0.6) is 0 Å². The first-order valence-corrected chi connectivity index (χ1v) is 8.29. The van der Waals surface area contributed by atoms with Crippen LogP contribution in [0.1, 0.15) is 33.1 Å². The van der Waals surface area contributed by atoms with Gasteiger partial charge in [-0.15, -0.1) is 0 Å². The molecule has 8 nitrogen and oxygen atoms in total. The van der Waals surface area contributed by atoms with Gasteiger partial charge >= 0.3 is 0 Å². The predicted octanol–water partition coefficient (Wildman–Crippen LogP) is 0.254. The van der Waals surface area contributed by atoms with Gasteiger partial charge in [0, 0.05) is 40.7 Å². The summed E-state index contributed by atoms with van der Waals surface area (Å²) in [6.07, 6.45) is 2.27. The summed E-state index contributed by atoms with van der Waals surface area (Å²) >= 11 is 0. The number of hydrogen-bond acceptors (Lipinski definition) is 4. The van der Waals surface area contributed by atoms with Crippen LogP contribution in [0.15, 0.2) is 4.99 Å². The van der Waals surface area contributed by atoms with Gasteiger partial charge in [-0.1, -0.05) is 6.92 Å². The third-order valence-corrected chi connectivity index (χ3v) is 4.38. The molecular formula is C16H30N6O2. The Balaban J connectivity index is 2.40. The van der Waals surface area contributed by atoms with Gasteiger partial charge in [-0.2, -0.15) is 0 Å². The molecular weight excluding hydrogens is 308 g/mol. The standard InChI is InChI=1S/C16H30N6O2/c1-11(7-6-8-21(4)12(2)17)9-14(23)22(5)13-10-19-16(18-3)20-15(13)24/h11,13,17H,6-10H2,1-5H3,(H2,18,19,20,24)/t11-,13?/m1/s1. The zero-order valence-electron chi connectivity index (χ0n) is 15.3. The minimum atomic E-state index is -0.512. The summed E-state index contributed by atoms with van der Waals surface area (Å²) in [4.78, 5) is 31.8. The van der Waals surface area contributed by atoms with Gasteiger partial charge in [0.1, 0.15) is 6.04 Å². The minimum absolute atomic E-state index is 0.0297. The molecule has 0 aromatic carbocycles. The molecule has 1 heterocycles. The van der Waals surface area contributed by atoms with Gasteiger partial charge < -0.3 is 15.1 Å². The molecule has 24 heavy (non-hydrogen) atoms. The molecule has 136 valence electrons. The van der Waals surface area contributed by atoms with Crippen molar-refractivity contribution in [3.8, 4) is 0 Å². The number of nitrogens with one attached hydrogen (secondary N) is 3. The zero-order chi connectivity index (χ0) is 18.3. The van der Waals surface area contributed by atoms with Crippen LogP contribution in [0.2, 0.25) is 0 Å². The quantitative estimate of drug-likeness (QED) is 0.458. The van der Waals surface area contributed by atoms with Gasteiger partial charge in [-0.05, 0) is 25.7 Å². The number of nitrogens with zero attached hydrogens (tertiary/aromatic N) is 3. The Kier molecular flexibility index (Phi) is 7.67. The van der Waals surface area contributed by atoms with Crippen molar-refractivity contribution in [3.63, 3.8) is 0 Å². The van der Waals surface area contributed by atoms with Crippen molar-refractivity contribution in [3.05, 3.63) is 0 Å². The van der Waals surface area contributed by atoms with Crippen LogP contribution in [-0.4, -0.2) is 73.7 Å². The maximum absolute atomic E-state index is 12.4. The molecule has 0 spiro atoms. The molecule has 1 saturated heterocycles. The van der Waals surface area contributed by atoms with E-state index in [1.165, 1.54) is 4.90 Å². The largest absolute Gasteiger partial charge is 0.364 e. The summed E-state index contributed by atoms with van der Waals surface area (Å²) in [5.74, 6) is 0.992. The Hall–Kier alpha value is -2.12. The Morgan fingerprint density at radius 2 is 2.12 bits per heavy atom. The Bertz CT molecular complexity index is 505. The van der Waals surface area contributed by atoms with E-state index in [9.17, 15) is 9.59 Å². The molecule has 0 bridgehead atoms. The maximum Gasteiger partial charge on any atom is 0.251 e.